The topological polar surface area (TPSA) is 84.9 Å². The van der Waals surface area contributed by atoms with Crippen molar-refractivity contribution >= 4 is 29.6 Å². The molecule has 0 unspecified atom stereocenters. The number of methoxy groups -OCH3 is 1. The van der Waals surface area contributed by atoms with E-state index >= 15 is 0 Å². The highest BCUT2D eigenvalue weighted by atomic mass is 16.5. The SMILES string of the molecule is CCOc1ccc(/C=C2\C(=O)NC(=O)N(c3cc(C)cc(C)c3)C2=O)cc1OC. The average molecular weight is 394 g/mol. The molecule has 29 heavy (non-hydrogen) atoms. The molecule has 0 aliphatic carbocycles. The number of barbiturate groups is 1. The zero-order chi connectivity index (χ0) is 21.1. The van der Waals surface area contributed by atoms with Crippen molar-refractivity contribution in [2.45, 2.75) is 20.8 Å². The molecule has 1 saturated heterocycles. The third-order valence-corrected chi connectivity index (χ3v) is 4.36. The van der Waals surface area contributed by atoms with Crippen molar-refractivity contribution in [3.05, 3.63) is 58.7 Å². The number of anilines is 1. The molecular formula is C22H22N2O5. The van der Waals surface area contributed by atoms with E-state index in [1.807, 2.05) is 26.8 Å². The first-order valence-electron chi connectivity index (χ1n) is 9.14. The van der Waals surface area contributed by atoms with Gasteiger partial charge in [0.15, 0.2) is 11.5 Å². The first-order valence-corrected chi connectivity index (χ1v) is 9.14. The minimum Gasteiger partial charge on any atom is -0.493 e. The fourth-order valence-electron chi connectivity index (χ4n) is 3.19. The number of benzene rings is 2. The number of imide groups is 2. The molecule has 7 nitrogen and oxygen atoms in total. The molecule has 150 valence electrons. The van der Waals surface area contributed by atoms with E-state index in [0.717, 1.165) is 16.0 Å². The number of hydrogen-bond donors (Lipinski definition) is 1. The van der Waals surface area contributed by atoms with Gasteiger partial charge in [-0.3, -0.25) is 14.9 Å². The predicted octanol–water partition coefficient (Wildman–Crippen LogP) is 3.38. The Morgan fingerprint density at radius 3 is 2.31 bits per heavy atom. The number of carbonyl (C=O) groups excluding carboxylic acids is 3. The summed E-state index contributed by atoms with van der Waals surface area (Å²) in [6.07, 6.45) is 1.43. The van der Waals surface area contributed by atoms with Gasteiger partial charge >= 0.3 is 6.03 Å². The van der Waals surface area contributed by atoms with E-state index in [-0.39, 0.29) is 5.57 Å². The van der Waals surface area contributed by atoms with Crippen LogP contribution in [0.15, 0.2) is 42.0 Å². The molecule has 0 saturated carbocycles. The zero-order valence-electron chi connectivity index (χ0n) is 16.7. The second-order valence-electron chi connectivity index (χ2n) is 6.65. The first-order chi connectivity index (χ1) is 13.8. The van der Waals surface area contributed by atoms with Crippen molar-refractivity contribution in [3.63, 3.8) is 0 Å². The summed E-state index contributed by atoms with van der Waals surface area (Å²) in [6.45, 7) is 6.08. The minimum atomic E-state index is -0.772. The maximum absolute atomic E-state index is 13.0. The van der Waals surface area contributed by atoms with E-state index in [9.17, 15) is 14.4 Å². The summed E-state index contributed by atoms with van der Waals surface area (Å²) in [4.78, 5) is 38.7. The number of urea groups is 1. The number of ether oxygens (including phenoxy) is 2. The summed E-state index contributed by atoms with van der Waals surface area (Å²) >= 11 is 0. The lowest BCUT2D eigenvalue weighted by atomic mass is 10.0. The van der Waals surface area contributed by atoms with Crippen LogP contribution in [0.5, 0.6) is 11.5 Å². The molecule has 1 heterocycles. The van der Waals surface area contributed by atoms with Crippen LogP contribution in [0.25, 0.3) is 6.08 Å². The maximum atomic E-state index is 13.0. The highest BCUT2D eigenvalue weighted by Crippen LogP contribution is 2.30. The average Bonchev–Trinajstić information content (AvgIpc) is 2.65. The molecule has 0 bridgehead atoms. The second kappa shape index (κ2) is 8.18. The summed E-state index contributed by atoms with van der Waals surface area (Å²) in [7, 11) is 1.51. The Morgan fingerprint density at radius 1 is 1.00 bits per heavy atom. The summed E-state index contributed by atoms with van der Waals surface area (Å²) in [5, 5.41) is 2.23. The van der Waals surface area contributed by atoms with Crippen molar-refractivity contribution in [1.29, 1.82) is 0 Å². The molecule has 2 aromatic rings. The highest BCUT2D eigenvalue weighted by molar-refractivity contribution is 6.39. The number of aryl methyl sites for hydroxylation is 2. The number of hydrogen-bond acceptors (Lipinski definition) is 5. The molecule has 1 aliphatic rings. The number of amides is 4. The number of nitrogens with one attached hydrogen (secondary N) is 1. The number of rotatable bonds is 5. The van der Waals surface area contributed by atoms with Gasteiger partial charge in [-0.25, -0.2) is 9.69 Å². The standard InChI is InChI=1S/C22H22N2O5/c1-5-29-18-7-6-15(12-19(18)28-4)11-17-20(25)23-22(27)24(21(17)26)16-9-13(2)8-14(3)10-16/h6-12H,5H2,1-4H3,(H,23,25,27)/b17-11+. The van der Waals surface area contributed by atoms with E-state index in [2.05, 4.69) is 5.32 Å². The van der Waals surface area contributed by atoms with Gasteiger partial charge in [-0.1, -0.05) is 12.1 Å². The van der Waals surface area contributed by atoms with Crippen LogP contribution >= 0.6 is 0 Å². The molecule has 0 spiro atoms. The lowest BCUT2D eigenvalue weighted by molar-refractivity contribution is -0.122. The third kappa shape index (κ3) is 4.13. The monoisotopic (exact) mass is 394 g/mol. The predicted molar refractivity (Wildman–Crippen MR) is 109 cm³/mol. The Morgan fingerprint density at radius 2 is 1.69 bits per heavy atom. The van der Waals surface area contributed by atoms with Crippen LogP contribution in [-0.4, -0.2) is 31.6 Å². The van der Waals surface area contributed by atoms with Crippen LogP contribution in [0.3, 0.4) is 0 Å². The van der Waals surface area contributed by atoms with Crippen molar-refractivity contribution in [2.24, 2.45) is 0 Å². The molecule has 2 aromatic carbocycles. The van der Waals surface area contributed by atoms with Gasteiger partial charge in [0.05, 0.1) is 19.4 Å². The summed E-state index contributed by atoms with van der Waals surface area (Å²) in [6, 6.07) is 9.67. The largest absolute Gasteiger partial charge is 0.493 e. The van der Waals surface area contributed by atoms with Gasteiger partial charge in [0.1, 0.15) is 5.57 Å². The van der Waals surface area contributed by atoms with E-state index in [4.69, 9.17) is 9.47 Å². The number of nitrogens with zero attached hydrogens (tertiary/aromatic N) is 1. The number of carbonyl (C=O) groups is 3. The van der Waals surface area contributed by atoms with Gasteiger partial charge in [-0.05, 0) is 67.8 Å². The van der Waals surface area contributed by atoms with Crippen LogP contribution in [0.4, 0.5) is 10.5 Å². The molecule has 4 amide bonds. The Hall–Kier alpha value is -3.61. The Balaban J connectivity index is 2.01. The lowest BCUT2D eigenvalue weighted by Gasteiger charge is -2.27. The van der Waals surface area contributed by atoms with Gasteiger partial charge in [0.2, 0.25) is 0 Å². The van der Waals surface area contributed by atoms with Gasteiger partial charge in [0, 0.05) is 0 Å². The molecule has 1 N–H and O–H groups in total. The quantitative estimate of drug-likeness (QED) is 0.621. The maximum Gasteiger partial charge on any atom is 0.335 e. The Bertz CT molecular complexity index is 1010. The zero-order valence-corrected chi connectivity index (χ0v) is 16.7. The molecule has 0 aromatic heterocycles. The van der Waals surface area contributed by atoms with Crippen LogP contribution in [0.2, 0.25) is 0 Å². The van der Waals surface area contributed by atoms with Crippen LogP contribution in [-0.2, 0) is 9.59 Å². The lowest BCUT2D eigenvalue weighted by Crippen LogP contribution is -2.54. The van der Waals surface area contributed by atoms with Gasteiger partial charge < -0.3 is 9.47 Å². The van der Waals surface area contributed by atoms with Crippen molar-refractivity contribution < 1.29 is 23.9 Å². The van der Waals surface area contributed by atoms with Gasteiger partial charge in [0.25, 0.3) is 11.8 Å². The molecule has 0 radical (unpaired) electrons. The summed E-state index contributed by atoms with van der Waals surface area (Å²) < 4.78 is 10.8. The van der Waals surface area contributed by atoms with Crippen LogP contribution in [0, 0.1) is 13.8 Å². The van der Waals surface area contributed by atoms with Crippen molar-refractivity contribution in [1.82, 2.24) is 5.32 Å². The van der Waals surface area contributed by atoms with Gasteiger partial charge in [-0.15, -0.1) is 0 Å². The van der Waals surface area contributed by atoms with Crippen molar-refractivity contribution in [3.8, 4) is 11.5 Å². The normalized spacial score (nSPS) is 15.5. The third-order valence-electron chi connectivity index (χ3n) is 4.36. The van der Waals surface area contributed by atoms with Crippen LogP contribution < -0.4 is 19.7 Å². The second-order valence-corrected chi connectivity index (χ2v) is 6.65. The fraction of sp³-hybridized carbons (Fsp3) is 0.227. The Kier molecular flexibility index (Phi) is 5.68. The van der Waals surface area contributed by atoms with E-state index in [0.29, 0.717) is 29.4 Å². The van der Waals surface area contributed by atoms with E-state index in [1.165, 1.54) is 13.2 Å². The molecule has 1 fully saturated rings. The first kappa shape index (κ1) is 20.1. The van der Waals surface area contributed by atoms with E-state index < -0.39 is 17.8 Å². The smallest absolute Gasteiger partial charge is 0.335 e. The molecule has 3 rings (SSSR count). The summed E-state index contributed by atoms with van der Waals surface area (Å²) in [5.41, 5.74) is 2.64. The molecular weight excluding hydrogens is 372 g/mol. The molecule has 1 aliphatic heterocycles. The minimum absolute atomic E-state index is 0.144. The van der Waals surface area contributed by atoms with E-state index in [1.54, 1.807) is 30.3 Å². The summed E-state index contributed by atoms with van der Waals surface area (Å²) in [5.74, 6) is -0.388. The van der Waals surface area contributed by atoms with Crippen LogP contribution in [0.1, 0.15) is 23.6 Å². The Labute approximate surface area is 168 Å². The molecule has 0 atom stereocenters. The molecule has 7 heteroatoms. The van der Waals surface area contributed by atoms with Gasteiger partial charge in [-0.2, -0.15) is 0 Å². The highest BCUT2D eigenvalue weighted by Gasteiger charge is 2.37. The van der Waals surface area contributed by atoms with Crippen molar-refractivity contribution in [2.75, 3.05) is 18.6 Å². The fourth-order valence-corrected chi connectivity index (χ4v) is 3.19.